The normalized spacial score (nSPS) is 20.5. The van der Waals surface area contributed by atoms with Crippen molar-refractivity contribution in [3.8, 4) is 0 Å². The van der Waals surface area contributed by atoms with Crippen molar-refractivity contribution in [2.75, 3.05) is 11.4 Å². The second-order valence-electron chi connectivity index (χ2n) is 6.00. The second kappa shape index (κ2) is 6.40. The number of hydrogen-bond donors (Lipinski definition) is 2. The molecule has 1 aliphatic heterocycles. The van der Waals surface area contributed by atoms with Crippen molar-refractivity contribution in [1.29, 1.82) is 0 Å². The van der Waals surface area contributed by atoms with Crippen LogP contribution in [0.15, 0.2) is 24.3 Å². The highest BCUT2D eigenvalue weighted by Gasteiger charge is 2.38. The van der Waals surface area contributed by atoms with Crippen LogP contribution in [0.1, 0.15) is 44.2 Å². The van der Waals surface area contributed by atoms with E-state index < -0.39 is 17.9 Å². The molecule has 2 aliphatic rings. The third-order valence-corrected chi connectivity index (χ3v) is 4.54. The molecular formula is C17H21N3O3. The predicted molar refractivity (Wildman–Crippen MR) is 85.8 cm³/mol. The van der Waals surface area contributed by atoms with E-state index in [1.807, 2.05) is 31.2 Å². The Morgan fingerprint density at radius 3 is 2.48 bits per heavy atom. The van der Waals surface area contributed by atoms with E-state index in [1.54, 1.807) is 4.90 Å². The summed E-state index contributed by atoms with van der Waals surface area (Å²) >= 11 is 0. The maximum atomic E-state index is 12.5. The molecule has 1 heterocycles. The van der Waals surface area contributed by atoms with Gasteiger partial charge in [-0.15, -0.1) is 0 Å². The van der Waals surface area contributed by atoms with Gasteiger partial charge >= 0.3 is 11.8 Å². The van der Waals surface area contributed by atoms with E-state index in [1.165, 1.54) is 0 Å². The Morgan fingerprint density at radius 2 is 1.78 bits per heavy atom. The molecule has 2 N–H and O–H groups in total. The maximum absolute atomic E-state index is 12.5. The van der Waals surface area contributed by atoms with Crippen LogP contribution in [0.5, 0.6) is 0 Å². The summed E-state index contributed by atoms with van der Waals surface area (Å²) in [6.07, 6.45) is 3.97. The van der Waals surface area contributed by atoms with Gasteiger partial charge in [0.05, 0.1) is 0 Å². The van der Waals surface area contributed by atoms with Gasteiger partial charge in [0.1, 0.15) is 6.04 Å². The molecule has 1 aliphatic carbocycles. The maximum Gasteiger partial charge on any atom is 0.310 e. The highest BCUT2D eigenvalue weighted by atomic mass is 16.2. The summed E-state index contributed by atoms with van der Waals surface area (Å²) in [6, 6.07) is 6.62. The van der Waals surface area contributed by atoms with Gasteiger partial charge in [-0.2, -0.15) is 0 Å². The van der Waals surface area contributed by atoms with Crippen LogP contribution in [0.25, 0.3) is 0 Å². The third-order valence-electron chi connectivity index (χ3n) is 4.54. The molecule has 6 heteroatoms. The number of para-hydroxylation sites is 1. The lowest BCUT2D eigenvalue weighted by atomic mass is 10.1. The van der Waals surface area contributed by atoms with Crippen molar-refractivity contribution in [2.45, 2.75) is 44.7 Å². The Bertz CT molecular complexity index is 638. The second-order valence-corrected chi connectivity index (χ2v) is 6.00. The quantitative estimate of drug-likeness (QED) is 0.825. The van der Waals surface area contributed by atoms with E-state index in [0.717, 1.165) is 36.9 Å². The van der Waals surface area contributed by atoms with Gasteiger partial charge in [0.15, 0.2) is 0 Å². The van der Waals surface area contributed by atoms with Gasteiger partial charge in [0, 0.05) is 23.8 Å². The summed E-state index contributed by atoms with van der Waals surface area (Å²) in [7, 11) is 0. The first-order chi connectivity index (χ1) is 11.1. The zero-order chi connectivity index (χ0) is 16.4. The van der Waals surface area contributed by atoms with Crippen LogP contribution in [0, 0.1) is 0 Å². The Morgan fingerprint density at radius 1 is 1.13 bits per heavy atom. The molecule has 1 atom stereocenters. The molecule has 0 radical (unpaired) electrons. The van der Waals surface area contributed by atoms with Crippen molar-refractivity contribution >= 4 is 23.4 Å². The zero-order valence-electron chi connectivity index (χ0n) is 13.2. The molecule has 0 spiro atoms. The van der Waals surface area contributed by atoms with Gasteiger partial charge in [0.2, 0.25) is 0 Å². The smallest absolute Gasteiger partial charge is 0.310 e. The number of anilines is 1. The first-order valence-corrected chi connectivity index (χ1v) is 8.13. The number of amides is 3. The van der Waals surface area contributed by atoms with Crippen LogP contribution in [-0.2, 0) is 14.4 Å². The molecule has 6 nitrogen and oxygen atoms in total. The van der Waals surface area contributed by atoms with Gasteiger partial charge in [-0.3, -0.25) is 14.4 Å². The van der Waals surface area contributed by atoms with E-state index in [2.05, 4.69) is 10.6 Å². The minimum absolute atomic E-state index is 0.0759. The summed E-state index contributed by atoms with van der Waals surface area (Å²) in [6.45, 7) is 2.40. The van der Waals surface area contributed by atoms with Crippen LogP contribution in [0.3, 0.4) is 0 Å². The molecule has 1 saturated carbocycles. The molecule has 23 heavy (non-hydrogen) atoms. The SMILES string of the molecule is CCN1C(=O)[C@H](NC(=O)C(=O)NC2CCCC2)c2ccccc21. The fourth-order valence-electron chi connectivity index (χ4n) is 3.37. The van der Waals surface area contributed by atoms with Crippen LogP contribution in [0.2, 0.25) is 0 Å². The van der Waals surface area contributed by atoms with E-state index in [4.69, 9.17) is 0 Å². The van der Waals surface area contributed by atoms with Gasteiger partial charge in [-0.25, -0.2) is 0 Å². The molecule has 1 aromatic rings. The highest BCUT2D eigenvalue weighted by molar-refractivity contribution is 6.35. The first-order valence-electron chi connectivity index (χ1n) is 8.13. The number of fused-ring (bicyclic) bond motifs is 1. The van der Waals surface area contributed by atoms with E-state index in [9.17, 15) is 14.4 Å². The number of rotatable bonds is 3. The van der Waals surface area contributed by atoms with E-state index in [-0.39, 0.29) is 11.9 Å². The highest BCUT2D eigenvalue weighted by Crippen LogP contribution is 2.35. The van der Waals surface area contributed by atoms with Gasteiger partial charge in [-0.05, 0) is 25.8 Å². The van der Waals surface area contributed by atoms with E-state index >= 15 is 0 Å². The summed E-state index contributed by atoms with van der Waals surface area (Å²) in [4.78, 5) is 38.2. The molecule has 0 aromatic heterocycles. The molecular weight excluding hydrogens is 294 g/mol. The summed E-state index contributed by atoms with van der Waals surface area (Å²) in [5.74, 6) is -1.60. The van der Waals surface area contributed by atoms with Crippen LogP contribution in [-0.4, -0.2) is 30.3 Å². The largest absolute Gasteiger partial charge is 0.345 e. The third kappa shape index (κ3) is 2.93. The van der Waals surface area contributed by atoms with Gasteiger partial charge in [-0.1, -0.05) is 31.0 Å². The fraction of sp³-hybridized carbons (Fsp3) is 0.471. The van der Waals surface area contributed by atoms with Crippen LogP contribution in [0.4, 0.5) is 5.69 Å². The average Bonchev–Trinajstić information content (AvgIpc) is 3.14. The van der Waals surface area contributed by atoms with Gasteiger partial charge < -0.3 is 15.5 Å². The Hall–Kier alpha value is -2.37. The average molecular weight is 315 g/mol. The van der Waals surface area contributed by atoms with Crippen molar-refractivity contribution < 1.29 is 14.4 Å². The monoisotopic (exact) mass is 315 g/mol. The molecule has 0 bridgehead atoms. The molecule has 1 aromatic carbocycles. The number of hydrogen-bond acceptors (Lipinski definition) is 3. The zero-order valence-corrected chi connectivity index (χ0v) is 13.2. The number of benzene rings is 1. The van der Waals surface area contributed by atoms with Crippen LogP contribution < -0.4 is 15.5 Å². The fourth-order valence-corrected chi connectivity index (χ4v) is 3.37. The molecule has 3 rings (SSSR count). The lowest BCUT2D eigenvalue weighted by molar-refractivity contribution is -0.140. The number of nitrogens with zero attached hydrogens (tertiary/aromatic N) is 1. The molecule has 1 fully saturated rings. The molecule has 3 amide bonds. The Labute approximate surface area is 135 Å². The summed E-state index contributed by atoms with van der Waals surface area (Å²) < 4.78 is 0. The topological polar surface area (TPSA) is 78.5 Å². The van der Waals surface area contributed by atoms with Gasteiger partial charge in [0.25, 0.3) is 5.91 Å². The van der Waals surface area contributed by atoms with E-state index in [0.29, 0.717) is 6.54 Å². The first kappa shape index (κ1) is 15.5. The number of nitrogens with one attached hydrogen (secondary N) is 2. The van der Waals surface area contributed by atoms with Crippen molar-refractivity contribution in [2.24, 2.45) is 0 Å². The lowest BCUT2D eigenvalue weighted by Crippen LogP contribution is -2.46. The molecule has 122 valence electrons. The Balaban J connectivity index is 1.70. The standard InChI is InChI=1S/C17H21N3O3/c1-2-20-13-10-6-5-9-12(13)14(17(20)23)19-16(22)15(21)18-11-7-3-4-8-11/h5-6,9-11,14H,2-4,7-8H2,1H3,(H,18,21)(H,19,22)/t14-/m1/s1. The number of carbonyl (C=O) groups is 3. The van der Waals surface area contributed by atoms with Crippen molar-refractivity contribution in [1.82, 2.24) is 10.6 Å². The predicted octanol–water partition coefficient (Wildman–Crippen LogP) is 1.27. The molecule has 0 unspecified atom stereocenters. The summed E-state index contributed by atoms with van der Waals surface area (Å²) in [5.41, 5.74) is 1.53. The lowest BCUT2D eigenvalue weighted by Gasteiger charge is -2.16. The molecule has 0 saturated heterocycles. The minimum atomic E-state index is -0.784. The Kier molecular flexibility index (Phi) is 4.32. The minimum Gasteiger partial charge on any atom is -0.345 e. The van der Waals surface area contributed by atoms with Crippen molar-refractivity contribution in [3.05, 3.63) is 29.8 Å². The number of carbonyl (C=O) groups excluding carboxylic acids is 3. The summed E-state index contributed by atoms with van der Waals surface area (Å²) in [5, 5.41) is 5.32. The number of likely N-dealkylation sites (N-methyl/N-ethyl adjacent to an activating group) is 1. The van der Waals surface area contributed by atoms with Crippen LogP contribution >= 0.6 is 0 Å². The van der Waals surface area contributed by atoms with Crippen molar-refractivity contribution in [3.63, 3.8) is 0 Å².